The molecule has 2 aliphatic rings. The first-order valence-corrected chi connectivity index (χ1v) is 28.7. The van der Waals surface area contributed by atoms with Crippen LogP contribution in [-0.2, 0) is 70.2 Å². The van der Waals surface area contributed by atoms with Crippen LogP contribution in [0.4, 0.5) is 4.39 Å². The van der Waals surface area contributed by atoms with Crippen LogP contribution in [0.5, 0.6) is 17.2 Å². The first-order valence-electron chi connectivity index (χ1n) is 28.7. The fourth-order valence-electron chi connectivity index (χ4n) is 9.59. The summed E-state index contributed by atoms with van der Waals surface area (Å²) in [6, 6.07) is 12.5. The van der Waals surface area contributed by atoms with Gasteiger partial charge in [-0.25, -0.2) is 14.0 Å². The second kappa shape index (κ2) is 31.3. The van der Waals surface area contributed by atoms with E-state index >= 15 is 0 Å². The van der Waals surface area contributed by atoms with Gasteiger partial charge in [-0.1, -0.05) is 50.3 Å². The number of likely N-dealkylation sites (N-methyl/N-ethyl adjacent to an activating group) is 3. The number of cyclic esters (lactones) is 2. The van der Waals surface area contributed by atoms with E-state index in [9.17, 15) is 47.5 Å². The third-order valence-electron chi connectivity index (χ3n) is 14.6. The topological polar surface area (TPSA) is 246 Å². The largest absolute Gasteiger partial charge is 0.493 e. The maximum Gasteiger partial charge on any atom is 0.330 e. The maximum atomic E-state index is 14.6. The van der Waals surface area contributed by atoms with Crippen molar-refractivity contribution >= 4 is 53.2 Å². The van der Waals surface area contributed by atoms with Crippen LogP contribution in [0.2, 0.25) is 0 Å². The fourth-order valence-corrected chi connectivity index (χ4v) is 9.59. The van der Waals surface area contributed by atoms with Gasteiger partial charge >= 0.3 is 11.9 Å². The van der Waals surface area contributed by atoms with Crippen LogP contribution in [0.25, 0.3) is 0 Å². The number of benzene rings is 3. The number of rotatable bonds is 11. The van der Waals surface area contributed by atoms with Crippen molar-refractivity contribution in [3.05, 3.63) is 101 Å². The summed E-state index contributed by atoms with van der Waals surface area (Å²) in [5.74, 6) is -6.06. The van der Waals surface area contributed by atoms with Crippen LogP contribution in [0.15, 0.2) is 78.9 Å². The summed E-state index contributed by atoms with van der Waals surface area (Å²) < 4.78 is 48.9. The summed E-state index contributed by atoms with van der Waals surface area (Å²) in [5.41, 5.74) is -0.486. The van der Waals surface area contributed by atoms with Gasteiger partial charge in [-0.2, -0.15) is 0 Å². The van der Waals surface area contributed by atoms with Crippen molar-refractivity contribution in [1.29, 1.82) is 0 Å². The number of halogens is 1. The van der Waals surface area contributed by atoms with Gasteiger partial charge in [0.1, 0.15) is 48.4 Å². The number of fused-ring (bicyclic) bond motifs is 3. The normalized spacial score (nSPS) is 22.3. The number of nitrogens with one attached hydrogen (secondary N) is 2. The molecule has 2 bridgehead atoms. The monoisotopic (exact) mass is 1180 g/mol. The van der Waals surface area contributed by atoms with E-state index in [2.05, 4.69) is 10.6 Å². The molecule has 2 N–H and O–H groups in total. The van der Waals surface area contributed by atoms with Crippen molar-refractivity contribution < 1.29 is 76.0 Å². The number of ketones is 1. The van der Waals surface area contributed by atoms with Gasteiger partial charge in [0.15, 0.2) is 18.1 Å². The molecule has 5 atom stereocenters. The molecule has 3 aromatic rings. The Morgan fingerprint density at radius 3 is 2.15 bits per heavy atom. The van der Waals surface area contributed by atoms with Crippen LogP contribution < -0.4 is 24.8 Å². The van der Waals surface area contributed by atoms with Crippen LogP contribution in [-0.4, -0.2) is 177 Å². The summed E-state index contributed by atoms with van der Waals surface area (Å²) in [6.07, 6.45) is 3.73. The number of carbonyl (C=O) groups excluding carboxylic acids is 9. The van der Waals surface area contributed by atoms with Crippen LogP contribution in [0.3, 0.4) is 0 Å². The SMILES string of the molecule is COc1ccc(CC[C@H]2OC(=O)[C@@H]3CCCCN3C(=O)C(=O)C(C)(C)COC(=O)/C=C\CCN(C)C(=O)[C@H](Cc3ccc(F)cc3)NC(=O)[C@H](COC(C)(C)C)N(C)C(=O)[C@@H](CC(C)C)NC(=O)CN(C)C(=O)COc3cccc2c3)cc1OC. The molecule has 1 saturated heterocycles. The van der Waals surface area contributed by atoms with Gasteiger partial charge in [-0.05, 0) is 139 Å². The van der Waals surface area contributed by atoms with E-state index in [1.54, 1.807) is 57.2 Å². The highest BCUT2D eigenvalue weighted by molar-refractivity contribution is 6.38. The molecule has 85 heavy (non-hydrogen) atoms. The highest BCUT2D eigenvalue weighted by atomic mass is 19.1. The number of ether oxygens (including phenoxy) is 6. The highest BCUT2D eigenvalue weighted by Crippen LogP contribution is 2.33. The van der Waals surface area contributed by atoms with Crippen molar-refractivity contribution in [1.82, 2.24) is 30.2 Å². The van der Waals surface area contributed by atoms with E-state index in [0.717, 1.165) is 21.4 Å². The molecule has 3 aromatic carbocycles. The standard InChI is InChI=1S/C63H85FN6O15/c1-40(2)32-46-59(77)69(10)49(37-84-62(3,4)5)57(75)66-47(33-41-22-26-44(64)27-23-41)58(76)67(8)30-15-14-21-55(73)83-39-63(6,7)56(74)60(78)70-31-16-13-20-48(70)61(79)85-50(28-24-42-25-29-51(80-11)52(34-42)81-12)43-18-17-19-45(35-43)82-38-54(72)68(9)36-53(71)65-46/h14,17-19,21-23,25-27,29,34-35,40,46-50H,13,15-16,20,24,28,30-33,36-39H2,1-12H3,(H,65,71)(H,66,75)/b21-14-/t46-,47+,48+,49+,50-/m1/s1. The second-order valence-electron chi connectivity index (χ2n) is 23.6. The molecule has 2 aliphatic heterocycles. The summed E-state index contributed by atoms with van der Waals surface area (Å²) in [6.45, 7) is 10.2. The zero-order valence-electron chi connectivity index (χ0n) is 51.2. The van der Waals surface area contributed by atoms with Gasteiger partial charge in [0.05, 0.1) is 38.4 Å². The highest BCUT2D eigenvalue weighted by Gasteiger charge is 2.43. The van der Waals surface area contributed by atoms with Gasteiger partial charge < -0.3 is 58.7 Å². The van der Waals surface area contributed by atoms with E-state index in [1.807, 2.05) is 19.9 Å². The van der Waals surface area contributed by atoms with Crippen molar-refractivity contribution in [2.24, 2.45) is 11.3 Å². The fraction of sp³-hybridized carbons (Fsp3) is 0.540. The third kappa shape index (κ3) is 20.4. The Balaban J connectivity index is 1.48. The Kier molecular flexibility index (Phi) is 25.0. The lowest BCUT2D eigenvalue weighted by molar-refractivity contribution is -0.165. The molecule has 1 fully saturated rings. The lowest BCUT2D eigenvalue weighted by atomic mass is 9.87. The summed E-state index contributed by atoms with van der Waals surface area (Å²) in [5, 5.41) is 5.57. The van der Waals surface area contributed by atoms with Gasteiger partial charge in [-0.15, -0.1) is 0 Å². The Morgan fingerprint density at radius 2 is 1.48 bits per heavy atom. The smallest absolute Gasteiger partial charge is 0.330 e. The number of hydrogen-bond donors (Lipinski definition) is 2. The lowest BCUT2D eigenvalue weighted by Crippen LogP contribution is -2.59. The molecule has 0 spiro atoms. The molecule has 0 saturated carbocycles. The van der Waals surface area contributed by atoms with Gasteiger partial charge in [-0.3, -0.25) is 33.6 Å². The van der Waals surface area contributed by atoms with Crippen molar-refractivity contribution in [2.45, 2.75) is 136 Å². The van der Waals surface area contributed by atoms with E-state index in [0.29, 0.717) is 41.9 Å². The van der Waals surface area contributed by atoms with Gasteiger partial charge in [0.25, 0.3) is 11.8 Å². The van der Waals surface area contributed by atoms with E-state index in [1.165, 1.54) is 89.4 Å². The molecule has 6 amide bonds. The number of amides is 6. The first kappa shape index (κ1) is 67.9. The predicted octanol–water partition coefficient (Wildman–Crippen LogP) is 5.74. The molecule has 0 radical (unpaired) electrons. The quantitative estimate of drug-likeness (QED) is 0.172. The van der Waals surface area contributed by atoms with Crippen molar-refractivity contribution in [2.75, 3.05) is 74.8 Å². The minimum Gasteiger partial charge on any atom is -0.493 e. The zero-order chi connectivity index (χ0) is 62.8. The van der Waals surface area contributed by atoms with Crippen LogP contribution in [0, 0.1) is 17.2 Å². The van der Waals surface area contributed by atoms with Gasteiger partial charge in [0, 0.05) is 46.7 Å². The maximum absolute atomic E-state index is 14.6. The number of nitrogens with zero attached hydrogens (tertiary/aromatic N) is 4. The summed E-state index contributed by atoms with van der Waals surface area (Å²) in [7, 11) is 7.33. The number of piperidine rings is 1. The molecule has 0 aliphatic carbocycles. The number of carbonyl (C=O) groups is 9. The molecular formula is C63H85FN6O15. The van der Waals surface area contributed by atoms with Gasteiger partial charge in [0.2, 0.25) is 29.4 Å². The minimum atomic E-state index is -1.53. The molecule has 22 heteroatoms. The lowest BCUT2D eigenvalue weighted by Gasteiger charge is -2.36. The third-order valence-corrected chi connectivity index (χ3v) is 14.6. The van der Waals surface area contributed by atoms with Crippen LogP contribution in [0.1, 0.15) is 110 Å². The molecule has 0 unspecified atom stereocenters. The molecule has 21 nitrogen and oxygen atoms in total. The average Bonchev–Trinajstić information content (AvgIpc) is 3.44. The van der Waals surface area contributed by atoms with Crippen molar-refractivity contribution in [3.63, 3.8) is 0 Å². The van der Waals surface area contributed by atoms with Crippen molar-refractivity contribution in [3.8, 4) is 17.2 Å². The molecular weight excluding hydrogens is 1100 g/mol. The molecule has 5 rings (SSSR count). The average molecular weight is 1190 g/mol. The second-order valence-corrected chi connectivity index (χ2v) is 23.6. The van der Waals surface area contributed by atoms with E-state index in [-0.39, 0.29) is 63.5 Å². The molecule has 2 heterocycles. The number of Topliss-reactive ketones (excluding diaryl/α,β-unsaturated/α-hetero) is 1. The Morgan fingerprint density at radius 1 is 0.788 bits per heavy atom. The number of methoxy groups -OCH3 is 2. The van der Waals surface area contributed by atoms with E-state index in [4.69, 9.17) is 28.4 Å². The Hall–Kier alpha value is -7.88. The van der Waals surface area contributed by atoms with E-state index < -0.39 is 120 Å². The number of aryl methyl sites for hydroxylation is 1. The summed E-state index contributed by atoms with van der Waals surface area (Å²) >= 11 is 0. The number of hydrogen-bond acceptors (Lipinski definition) is 15. The number of esters is 2. The Bertz CT molecular complexity index is 2870. The predicted molar refractivity (Wildman–Crippen MR) is 312 cm³/mol. The minimum absolute atomic E-state index is 0.0424. The molecule has 464 valence electrons. The summed E-state index contributed by atoms with van der Waals surface area (Å²) in [4.78, 5) is 131. The van der Waals surface area contributed by atoms with Crippen LogP contribution >= 0.6 is 0 Å². The first-order chi connectivity index (χ1) is 40.1. The zero-order valence-corrected chi connectivity index (χ0v) is 51.2. The Labute approximate surface area is 498 Å². The molecule has 0 aromatic heterocycles.